The van der Waals surface area contributed by atoms with Gasteiger partial charge in [-0.25, -0.2) is 8.42 Å². The van der Waals surface area contributed by atoms with E-state index in [0.29, 0.717) is 11.5 Å². The first kappa shape index (κ1) is 19.1. The summed E-state index contributed by atoms with van der Waals surface area (Å²) in [5.74, 6) is -0.148. The zero-order valence-corrected chi connectivity index (χ0v) is 16.4. The molecule has 0 radical (unpaired) electrons. The van der Waals surface area contributed by atoms with E-state index in [4.69, 9.17) is 10.5 Å². The van der Waals surface area contributed by atoms with Gasteiger partial charge in [-0.05, 0) is 36.6 Å². The van der Waals surface area contributed by atoms with Gasteiger partial charge in [0.25, 0.3) is 0 Å². The van der Waals surface area contributed by atoms with Crippen LogP contribution in [0.3, 0.4) is 0 Å². The number of methoxy groups -OCH3 is 1. The standard InChI is InChI=1S/C21H27NO3S/c1-4-16-7-9-17(10-8-16)19-20(21(19,13-22)14-25-3)26(23,24)18-11-5-15(2)6-12-18/h5-12,19-20H,4,13-14,22H2,1-3H3/t19-,20-,21+/m1/s1. The Morgan fingerprint density at radius 3 is 2.19 bits per heavy atom. The van der Waals surface area contributed by atoms with E-state index in [1.165, 1.54) is 5.56 Å². The Labute approximate surface area is 156 Å². The topological polar surface area (TPSA) is 69.4 Å². The average Bonchev–Trinajstić information content (AvgIpc) is 3.32. The Kier molecular flexibility index (Phi) is 5.24. The Hall–Kier alpha value is -1.69. The van der Waals surface area contributed by atoms with E-state index >= 15 is 0 Å². The van der Waals surface area contributed by atoms with Gasteiger partial charge in [0.2, 0.25) is 0 Å². The van der Waals surface area contributed by atoms with Gasteiger partial charge in [0.05, 0.1) is 16.8 Å². The molecule has 26 heavy (non-hydrogen) atoms. The van der Waals surface area contributed by atoms with Crippen LogP contribution in [0, 0.1) is 12.3 Å². The van der Waals surface area contributed by atoms with Gasteiger partial charge in [0.1, 0.15) is 0 Å². The molecule has 3 rings (SSSR count). The van der Waals surface area contributed by atoms with Crippen molar-refractivity contribution in [2.75, 3.05) is 20.3 Å². The van der Waals surface area contributed by atoms with Crippen LogP contribution in [-0.4, -0.2) is 33.9 Å². The molecule has 140 valence electrons. The molecule has 0 aromatic heterocycles. The summed E-state index contributed by atoms with van der Waals surface area (Å²) in [6.45, 7) is 4.66. The number of hydrogen-bond acceptors (Lipinski definition) is 4. The van der Waals surface area contributed by atoms with Gasteiger partial charge in [0, 0.05) is 25.0 Å². The maximum atomic E-state index is 13.4. The predicted molar refractivity (Wildman–Crippen MR) is 104 cm³/mol. The molecule has 1 saturated carbocycles. The summed E-state index contributed by atoms with van der Waals surface area (Å²) in [6, 6.07) is 15.3. The highest BCUT2D eigenvalue weighted by Crippen LogP contribution is 2.63. The van der Waals surface area contributed by atoms with Crippen LogP contribution in [0.4, 0.5) is 0 Å². The average molecular weight is 374 g/mol. The predicted octanol–water partition coefficient (Wildman–Crippen LogP) is 3.09. The minimum atomic E-state index is -3.50. The highest BCUT2D eigenvalue weighted by molar-refractivity contribution is 7.92. The number of nitrogens with two attached hydrogens (primary N) is 1. The van der Waals surface area contributed by atoms with Crippen molar-refractivity contribution in [1.29, 1.82) is 0 Å². The molecule has 1 aliphatic carbocycles. The number of hydrogen-bond donors (Lipinski definition) is 1. The van der Waals surface area contributed by atoms with Crippen molar-refractivity contribution in [1.82, 2.24) is 0 Å². The third-order valence-electron chi connectivity index (χ3n) is 5.60. The summed E-state index contributed by atoms with van der Waals surface area (Å²) in [7, 11) is -1.90. The molecular formula is C21H27NO3S. The summed E-state index contributed by atoms with van der Waals surface area (Å²) in [5.41, 5.74) is 8.79. The van der Waals surface area contributed by atoms with E-state index in [0.717, 1.165) is 17.5 Å². The zero-order valence-electron chi connectivity index (χ0n) is 15.6. The first-order valence-corrected chi connectivity index (χ1v) is 10.5. The summed E-state index contributed by atoms with van der Waals surface area (Å²) < 4.78 is 32.1. The second-order valence-corrected chi connectivity index (χ2v) is 9.29. The van der Waals surface area contributed by atoms with Crippen LogP contribution in [0.15, 0.2) is 53.4 Å². The van der Waals surface area contributed by atoms with Gasteiger partial charge in [-0.1, -0.05) is 48.9 Å². The lowest BCUT2D eigenvalue weighted by Crippen LogP contribution is -2.28. The van der Waals surface area contributed by atoms with E-state index in [1.54, 1.807) is 19.2 Å². The molecule has 0 saturated heterocycles. The van der Waals surface area contributed by atoms with Gasteiger partial charge in [-0.15, -0.1) is 0 Å². The van der Waals surface area contributed by atoms with Crippen LogP contribution in [0.1, 0.15) is 29.5 Å². The maximum Gasteiger partial charge on any atom is 0.182 e. The van der Waals surface area contributed by atoms with Crippen molar-refractivity contribution < 1.29 is 13.2 Å². The first-order valence-electron chi connectivity index (χ1n) is 8.99. The Morgan fingerprint density at radius 2 is 1.69 bits per heavy atom. The lowest BCUT2D eigenvalue weighted by Gasteiger charge is -2.15. The van der Waals surface area contributed by atoms with Gasteiger partial charge in [-0.3, -0.25) is 0 Å². The van der Waals surface area contributed by atoms with E-state index in [9.17, 15) is 8.42 Å². The number of aryl methyl sites for hydroxylation is 2. The molecule has 0 bridgehead atoms. The van der Waals surface area contributed by atoms with Crippen molar-refractivity contribution in [2.45, 2.75) is 36.3 Å². The molecule has 0 unspecified atom stereocenters. The number of ether oxygens (including phenoxy) is 1. The third kappa shape index (κ3) is 3.08. The zero-order chi connectivity index (χ0) is 18.9. The molecule has 0 aliphatic heterocycles. The van der Waals surface area contributed by atoms with Crippen LogP contribution in [0.2, 0.25) is 0 Å². The fourth-order valence-corrected chi connectivity index (χ4v) is 6.47. The highest BCUT2D eigenvalue weighted by atomic mass is 32.2. The quantitative estimate of drug-likeness (QED) is 0.810. The number of sulfone groups is 1. The molecule has 2 N–H and O–H groups in total. The maximum absolute atomic E-state index is 13.4. The summed E-state index contributed by atoms with van der Waals surface area (Å²) in [5, 5.41) is -0.560. The Balaban J connectivity index is 2.03. The van der Waals surface area contributed by atoms with Gasteiger partial charge in [-0.2, -0.15) is 0 Å². The lowest BCUT2D eigenvalue weighted by molar-refractivity contribution is 0.142. The third-order valence-corrected chi connectivity index (χ3v) is 7.94. The SMILES string of the molecule is CCc1ccc([C@@H]2[C@@H](S(=O)(=O)c3ccc(C)cc3)[C@@]2(CN)COC)cc1. The van der Waals surface area contributed by atoms with Crippen LogP contribution < -0.4 is 5.73 Å². The molecule has 1 fully saturated rings. The molecule has 2 aromatic rings. The van der Waals surface area contributed by atoms with Crippen LogP contribution >= 0.6 is 0 Å². The fraction of sp³-hybridized carbons (Fsp3) is 0.429. The second-order valence-electron chi connectivity index (χ2n) is 7.22. The summed E-state index contributed by atoms with van der Waals surface area (Å²) in [6.07, 6.45) is 0.955. The molecule has 0 heterocycles. The number of benzene rings is 2. The molecule has 5 heteroatoms. The van der Waals surface area contributed by atoms with Crippen molar-refractivity contribution in [3.05, 3.63) is 65.2 Å². The minimum absolute atomic E-state index is 0.148. The van der Waals surface area contributed by atoms with Crippen molar-refractivity contribution in [2.24, 2.45) is 11.1 Å². The first-order chi connectivity index (χ1) is 12.4. The smallest absolute Gasteiger partial charge is 0.182 e. The monoisotopic (exact) mass is 373 g/mol. The van der Waals surface area contributed by atoms with E-state index < -0.39 is 20.5 Å². The largest absolute Gasteiger partial charge is 0.384 e. The van der Waals surface area contributed by atoms with Crippen molar-refractivity contribution in [3.8, 4) is 0 Å². The Morgan fingerprint density at radius 1 is 1.08 bits per heavy atom. The molecule has 3 atom stereocenters. The second kappa shape index (κ2) is 7.14. The number of rotatable bonds is 7. The van der Waals surface area contributed by atoms with Crippen molar-refractivity contribution in [3.63, 3.8) is 0 Å². The molecular weight excluding hydrogens is 346 g/mol. The minimum Gasteiger partial charge on any atom is -0.384 e. The van der Waals surface area contributed by atoms with E-state index in [1.807, 2.05) is 31.2 Å². The highest BCUT2D eigenvalue weighted by Gasteiger charge is 2.70. The van der Waals surface area contributed by atoms with Crippen molar-refractivity contribution >= 4 is 9.84 Å². The van der Waals surface area contributed by atoms with Gasteiger partial charge < -0.3 is 10.5 Å². The van der Waals surface area contributed by atoms with E-state index in [-0.39, 0.29) is 12.5 Å². The normalized spacial score (nSPS) is 25.2. The lowest BCUT2D eigenvalue weighted by atomic mass is 9.99. The summed E-state index contributed by atoms with van der Waals surface area (Å²) >= 11 is 0. The molecule has 2 aromatic carbocycles. The van der Waals surface area contributed by atoms with E-state index in [2.05, 4.69) is 19.1 Å². The van der Waals surface area contributed by atoms with Crippen LogP contribution in [0.5, 0.6) is 0 Å². The Bertz CT molecular complexity index is 859. The van der Waals surface area contributed by atoms with Gasteiger partial charge >= 0.3 is 0 Å². The summed E-state index contributed by atoms with van der Waals surface area (Å²) in [4.78, 5) is 0.356. The molecule has 0 amide bonds. The molecule has 0 spiro atoms. The van der Waals surface area contributed by atoms with Crippen LogP contribution in [-0.2, 0) is 21.0 Å². The molecule has 1 aliphatic rings. The fourth-order valence-electron chi connectivity index (χ4n) is 4.03. The molecule has 4 nitrogen and oxygen atoms in total. The van der Waals surface area contributed by atoms with Crippen LogP contribution in [0.25, 0.3) is 0 Å². The van der Waals surface area contributed by atoms with Gasteiger partial charge in [0.15, 0.2) is 9.84 Å².